The summed E-state index contributed by atoms with van der Waals surface area (Å²) in [7, 11) is 1.52. The molecule has 1 saturated heterocycles. The van der Waals surface area contributed by atoms with Crippen molar-refractivity contribution in [2.75, 3.05) is 12.0 Å². The number of benzene rings is 3. The third-order valence-electron chi connectivity index (χ3n) is 6.32. The normalized spacial score (nSPS) is 20.9. The first kappa shape index (κ1) is 21.8. The zero-order valence-electron chi connectivity index (χ0n) is 19.2. The number of aliphatic hydroxyl groups excluding tert-OH is 1. The molecular formula is C28H25NO5. The molecule has 0 spiro atoms. The second-order valence-electron chi connectivity index (χ2n) is 8.71. The predicted octanol–water partition coefficient (Wildman–Crippen LogP) is 4.95. The fourth-order valence-electron chi connectivity index (χ4n) is 4.79. The van der Waals surface area contributed by atoms with Crippen LogP contribution in [-0.2, 0) is 16.0 Å². The second-order valence-corrected chi connectivity index (χ2v) is 8.71. The van der Waals surface area contributed by atoms with Crippen LogP contribution in [0.3, 0.4) is 0 Å². The molecule has 6 nitrogen and oxygen atoms in total. The molecule has 2 heterocycles. The molecule has 2 aliphatic heterocycles. The standard InChI is InChI=1S/C28H25NO5/c1-16-7-6-8-18(13-16)25-24(26(30)19-11-12-22-20(15-19)14-17(2)34-22)27(31)28(32)29(25)21-9-4-5-10-23(21)33-3/h4-13,15,17,25,30H,14H2,1-3H3/b26-24-. The average Bonchev–Trinajstić information content (AvgIpc) is 3.34. The summed E-state index contributed by atoms with van der Waals surface area (Å²) in [5, 5.41) is 11.4. The molecule has 2 unspecified atom stereocenters. The van der Waals surface area contributed by atoms with E-state index >= 15 is 0 Å². The largest absolute Gasteiger partial charge is 0.507 e. The first-order valence-corrected chi connectivity index (χ1v) is 11.2. The van der Waals surface area contributed by atoms with E-state index in [9.17, 15) is 14.7 Å². The van der Waals surface area contributed by atoms with Gasteiger partial charge < -0.3 is 14.6 Å². The minimum Gasteiger partial charge on any atom is -0.507 e. The molecule has 1 amide bonds. The number of hydrogen-bond acceptors (Lipinski definition) is 5. The van der Waals surface area contributed by atoms with Crippen LogP contribution in [0.25, 0.3) is 5.76 Å². The lowest BCUT2D eigenvalue weighted by molar-refractivity contribution is -0.132. The van der Waals surface area contributed by atoms with Gasteiger partial charge in [0.2, 0.25) is 0 Å². The van der Waals surface area contributed by atoms with Crippen molar-refractivity contribution in [2.45, 2.75) is 32.4 Å². The van der Waals surface area contributed by atoms with Crippen molar-refractivity contribution in [3.63, 3.8) is 0 Å². The maximum absolute atomic E-state index is 13.4. The van der Waals surface area contributed by atoms with Crippen molar-refractivity contribution in [3.8, 4) is 11.5 Å². The van der Waals surface area contributed by atoms with Crippen molar-refractivity contribution in [2.24, 2.45) is 0 Å². The number of aliphatic hydroxyl groups is 1. The monoisotopic (exact) mass is 455 g/mol. The number of hydrogen-bond donors (Lipinski definition) is 1. The van der Waals surface area contributed by atoms with Crippen molar-refractivity contribution in [3.05, 3.63) is 94.6 Å². The van der Waals surface area contributed by atoms with Crippen LogP contribution in [0.1, 0.15) is 35.2 Å². The van der Waals surface area contributed by atoms with Crippen LogP contribution >= 0.6 is 0 Å². The summed E-state index contributed by atoms with van der Waals surface area (Å²) in [6.45, 7) is 3.93. The maximum atomic E-state index is 13.4. The molecule has 6 heteroatoms. The molecule has 1 fully saturated rings. The Balaban J connectivity index is 1.72. The van der Waals surface area contributed by atoms with Crippen molar-refractivity contribution in [1.29, 1.82) is 0 Å². The first-order chi connectivity index (χ1) is 16.4. The first-order valence-electron chi connectivity index (χ1n) is 11.2. The van der Waals surface area contributed by atoms with Crippen LogP contribution in [-0.4, -0.2) is 30.0 Å². The van der Waals surface area contributed by atoms with E-state index in [0.29, 0.717) is 23.4 Å². The van der Waals surface area contributed by atoms with Crippen molar-refractivity contribution >= 4 is 23.1 Å². The highest BCUT2D eigenvalue weighted by Crippen LogP contribution is 2.45. The van der Waals surface area contributed by atoms with Gasteiger partial charge in [-0.25, -0.2) is 0 Å². The fourth-order valence-corrected chi connectivity index (χ4v) is 4.79. The molecule has 0 radical (unpaired) electrons. The highest BCUT2D eigenvalue weighted by Gasteiger charge is 2.47. The Morgan fingerprint density at radius 1 is 1.06 bits per heavy atom. The van der Waals surface area contributed by atoms with Gasteiger partial charge in [0.1, 0.15) is 23.4 Å². The summed E-state index contributed by atoms with van der Waals surface area (Å²) in [5.74, 6) is -0.417. The molecule has 3 aromatic carbocycles. The number of rotatable bonds is 4. The number of para-hydroxylation sites is 2. The number of carbonyl (C=O) groups excluding carboxylic acids is 2. The number of methoxy groups -OCH3 is 1. The lowest BCUT2D eigenvalue weighted by atomic mass is 9.93. The summed E-state index contributed by atoms with van der Waals surface area (Å²) < 4.78 is 11.3. The van der Waals surface area contributed by atoms with E-state index in [4.69, 9.17) is 9.47 Å². The van der Waals surface area contributed by atoms with Crippen LogP contribution in [0.2, 0.25) is 0 Å². The van der Waals surface area contributed by atoms with Gasteiger partial charge in [-0.15, -0.1) is 0 Å². The molecule has 2 atom stereocenters. The van der Waals surface area contributed by atoms with Gasteiger partial charge in [-0.05, 0) is 55.3 Å². The van der Waals surface area contributed by atoms with E-state index in [0.717, 1.165) is 22.4 Å². The molecular weight excluding hydrogens is 430 g/mol. The summed E-state index contributed by atoms with van der Waals surface area (Å²) in [6.07, 6.45) is 0.767. The molecule has 0 aliphatic carbocycles. The molecule has 0 aromatic heterocycles. The number of ketones is 1. The smallest absolute Gasteiger partial charge is 0.300 e. The van der Waals surface area contributed by atoms with Crippen LogP contribution < -0.4 is 14.4 Å². The number of Topliss-reactive ketones (excluding diaryl/α,β-unsaturated/α-hetero) is 1. The zero-order chi connectivity index (χ0) is 24.0. The van der Waals surface area contributed by atoms with E-state index in [-0.39, 0.29) is 17.4 Å². The number of carbonyl (C=O) groups is 2. The van der Waals surface area contributed by atoms with Crippen LogP contribution in [0.5, 0.6) is 11.5 Å². The van der Waals surface area contributed by atoms with E-state index < -0.39 is 17.7 Å². The molecule has 0 saturated carbocycles. The van der Waals surface area contributed by atoms with Gasteiger partial charge in [0.25, 0.3) is 11.7 Å². The topological polar surface area (TPSA) is 76.1 Å². The average molecular weight is 456 g/mol. The van der Waals surface area contributed by atoms with Gasteiger partial charge in [-0.3, -0.25) is 14.5 Å². The lowest BCUT2D eigenvalue weighted by Crippen LogP contribution is -2.29. The number of amides is 1. The zero-order valence-corrected chi connectivity index (χ0v) is 19.2. The summed E-state index contributed by atoms with van der Waals surface area (Å²) in [6, 6.07) is 19.2. The van der Waals surface area contributed by atoms with Crippen molar-refractivity contribution in [1.82, 2.24) is 0 Å². The third kappa shape index (κ3) is 3.52. The minimum atomic E-state index is -0.806. The molecule has 172 valence electrons. The Bertz CT molecular complexity index is 1340. The quantitative estimate of drug-likeness (QED) is 0.342. The van der Waals surface area contributed by atoms with Gasteiger partial charge in [0.05, 0.1) is 24.4 Å². The summed E-state index contributed by atoms with van der Waals surface area (Å²) in [5.41, 5.74) is 3.66. The van der Waals surface area contributed by atoms with Gasteiger partial charge in [0.15, 0.2) is 0 Å². The Kier molecular flexibility index (Phi) is 5.36. The minimum absolute atomic E-state index is 0.0495. The molecule has 0 bridgehead atoms. The molecule has 5 rings (SSSR count). The van der Waals surface area contributed by atoms with E-state index in [1.807, 2.05) is 44.2 Å². The summed E-state index contributed by atoms with van der Waals surface area (Å²) >= 11 is 0. The van der Waals surface area contributed by atoms with E-state index in [1.165, 1.54) is 12.0 Å². The molecule has 3 aromatic rings. The number of fused-ring (bicyclic) bond motifs is 1. The highest BCUT2D eigenvalue weighted by atomic mass is 16.5. The Hall–Kier alpha value is -4.06. The van der Waals surface area contributed by atoms with E-state index in [1.54, 1.807) is 36.4 Å². The highest BCUT2D eigenvalue weighted by molar-refractivity contribution is 6.51. The number of ether oxygens (including phenoxy) is 2. The fraction of sp³-hybridized carbons (Fsp3) is 0.214. The molecule has 1 N–H and O–H groups in total. The van der Waals surface area contributed by atoms with Crippen LogP contribution in [0.15, 0.2) is 72.3 Å². The third-order valence-corrected chi connectivity index (χ3v) is 6.32. The number of nitrogens with zero attached hydrogens (tertiary/aromatic N) is 1. The Morgan fingerprint density at radius 3 is 2.62 bits per heavy atom. The van der Waals surface area contributed by atoms with Gasteiger partial charge >= 0.3 is 0 Å². The summed E-state index contributed by atoms with van der Waals surface area (Å²) in [4.78, 5) is 28.2. The predicted molar refractivity (Wildman–Crippen MR) is 129 cm³/mol. The SMILES string of the molecule is COc1ccccc1N1C(=O)C(=O)/C(=C(\O)c2ccc3c(c2)CC(C)O3)C1c1cccc(C)c1. The van der Waals surface area contributed by atoms with Crippen LogP contribution in [0, 0.1) is 6.92 Å². The Labute approximate surface area is 198 Å². The van der Waals surface area contributed by atoms with Gasteiger partial charge in [0, 0.05) is 12.0 Å². The molecule has 2 aliphatic rings. The maximum Gasteiger partial charge on any atom is 0.300 e. The second kappa shape index (κ2) is 8.37. The number of aryl methyl sites for hydroxylation is 1. The van der Waals surface area contributed by atoms with Gasteiger partial charge in [-0.2, -0.15) is 0 Å². The molecule has 34 heavy (non-hydrogen) atoms. The van der Waals surface area contributed by atoms with Crippen molar-refractivity contribution < 1.29 is 24.2 Å². The van der Waals surface area contributed by atoms with Gasteiger partial charge in [-0.1, -0.05) is 42.0 Å². The number of anilines is 1. The van der Waals surface area contributed by atoms with Crippen LogP contribution in [0.4, 0.5) is 5.69 Å². The Morgan fingerprint density at radius 2 is 1.85 bits per heavy atom. The lowest BCUT2D eigenvalue weighted by Gasteiger charge is -2.27. The van der Waals surface area contributed by atoms with E-state index in [2.05, 4.69) is 0 Å².